The van der Waals surface area contributed by atoms with E-state index in [2.05, 4.69) is 0 Å². The van der Waals surface area contributed by atoms with Gasteiger partial charge < -0.3 is 9.47 Å². The lowest BCUT2D eigenvalue weighted by Gasteiger charge is -2.54. The molecule has 0 spiro atoms. The summed E-state index contributed by atoms with van der Waals surface area (Å²) in [6.45, 7) is 3.68. The Labute approximate surface area is 144 Å². The normalized spacial score (nSPS) is 44.2. The summed E-state index contributed by atoms with van der Waals surface area (Å²) in [5.41, 5.74) is 0.971. The molecule has 1 aliphatic heterocycles. The number of carbonyl (C=O) groups is 2. The highest BCUT2D eigenvalue weighted by molar-refractivity contribution is 6.30. The summed E-state index contributed by atoms with van der Waals surface area (Å²) in [5, 5.41) is 0. The molecule has 6 rings (SSSR count). The number of halogens is 1. The van der Waals surface area contributed by atoms with Crippen LogP contribution in [0.2, 0.25) is 0 Å². The zero-order valence-corrected chi connectivity index (χ0v) is 14.1. The Bertz CT molecular complexity index is 813. The molecule has 0 amide bonds. The Morgan fingerprint density at radius 2 is 1.71 bits per heavy atom. The van der Waals surface area contributed by atoms with Crippen molar-refractivity contribution in [2.45, 2.75) is 36.7 Å². The molecule has 1 aromatic carbocycles. The molecule has 2 bridgehead atoms. The summed E-state index contributed by atoms with van der Waals surface area (Å²) in [6.07, 6.45) is 3.07. The van der Waals surface area contributed by atoms with Gasteiger partial charge in [0.25, 0.3) is 0 Å². The minimum absolute atomic E-state index is 0.0127. The van der Waals surface area contributed by atoms with Crippen LogP contribution in [-0.4, -0.2) is 34.4 Å². The first-order valence-electron chi connectivity index (χ1n) is 8.25. The molecule has 0 N–H and O–H groups in total. The Morgan fingerprint density at radius 1 is 1.04 bits per heavy atom. The lowest BCUT2D eigenvalue weighted by atomic mass is 9.53. The number of rotatable bonds is 0. The van der Waals surface area contributed by atoms with Gasteiger partial charge in [-0.3, -0.25) is 9.59 Å². The smallest absolute Gasteiger partial charge is 0.169 e. The van der Waals surface area contributed by atoms with E-state index in [1.807, 2.05) is 26.0 Å². The van der Waals surface area contributed by atoms with Gasteiger partial charge in [-0.25, -0.2) is 0 Å². The average Bonchev–Trinajstić information content (AvgIpc) is 2.89. The van der Waals surface area contributed by atoms with Crippen LogP contribution < -0.4 is 0 Å². The third kappa shape index (κ3) is 1.62. The molecule has 1 saturated heterocycles. The van der Waals surface area contributed by atoms with Gasteiger partial charge in [-0.1, -0.05) is 36.4 Å². The fraction of sp³-hybridized carbons (Fsp3) is 0.474. The van der Waals surface area contributed by atoms with Crippen molar-refractivity contribution in [2.75, 3.05) is 0 Å². The Balaban J connectivity index is 1.71. The van der Waals surface area contributed by atoms with E-state index in [4.69, 9.17) is 21.1 Å². The van der Waals surface area contributed by atoms with Crippen molar-refractivity contribution in [2.24, 2.45) is 17.8 Å². The van der Waals surface area contributed by atoms with Crippen molar-refractivity contribution in [1.82, 2.24) is 0 Å². The van der Waals surface area contributed by atoms with E-state index in [0.717, 1.165) is 0 Å². The summed E-state index contributed by atoms with van der Waals surface area (Å²) in [6, 6.07) is 7.01. The van der Waals surface area contributed by atoms with Crippen molar-refractivity contribution >= 4 is 23.2 Å². The molecule has 0 radical (unpaired) electrons. The zero-order valence-electron chi connectivity index (χ0n) is 13.4. The number of carbonyl (C=O) groups excluding carboxylic acids is 2. The second-order valence-corrected chi connectivity index (χ2v) is 8.22. The van der Waals surface area contributed by atoms with Gasteiger partial charge in [0.2, 0.25) is 0 Å². The van der Waals surface area contributed by atoms with Gasteiger partial charge in [-0.05, 0) is 13.8 Å². The van der Waals surface area contributed by atoms with Crippen molar-refractivity contribution in [3.8, 4) is 0 Å². The first-order valence-corrected chi connectivity index (χ1v) is 8.63. The van der Waals surface area contributed by atoms with E-state index in [-0.39, 0.29) is 23.6 Å². The summed E-state index contributed by atoms with van der Waals surface area (Å²) >= 11 is 6.96. The predicted octanol–water partition coefficient (Wildman–Crippen LogP) is 3.00. The molecule has 4 aliphatic carbocycles. The number of ketones is 2. The highest BCUT2D eigenvalue weighted by atomic mass is 35.5. The number of alkyl halides is 1. The highest BCUT2D eigenvalue weighted by Gasteiger charge is 2.69. The topological polar surface area (TPSA) is 52.6 Å². The van der Waals surface area contributed by atoms with Gasteiger partial charge in [0, 0.05) is 23.0 Å². The molecule has 124 valence electrons. The minimum atomic E-state index is -1.04. The van der Waals surface area contributed by atoms with Gasteiger partial charge in [-0.2, -0.15) is 0 Å². The second-order valence-electron chi connectivity index (χ2n) is 7.56. The van der Waals surface area contributed by atoms with E-state index in [1.54, 1.807) is 24.3 Å². The van der Waals surface area contributed by atoms with E-state index in [1.165, 1.54) is 0 Å². The Morgan fingerprint density at radius 3 is 2.42 bits per heavy atom. The standard InChI is InChI=1S/C19H17ClO4/c1-18(2)23-16-11-7-8-19(20,17(16)24-18)13-12(11)14(21)9-5-3-4-6-10(9)15(13)22/h3-8,11-13,16-17H,1-2H3/t11-,12+,13-,16-,17-,19-/m0/s1. The quantitative estimate of drug-likeness (QED) is 0.536. The minimum Gasteiger partial charge on any atom is -0.344 e. The highest BCUT2D eigenvalue weighted by Crippen LogP contribution is 2.59. The molecular weight excluding hydrogens is 328 g/mol. The molecule has 4 nitrogen and oxygen atoms in total. The van der Waals surface area contributed by atoms with Crippen molar-refractivity contribution in [1.29, 1.82) is 0 Å². The van der Waals surface area contributed by atoms with Crippen LogP contribution in [0.25, 0.3) is 0 Å². The third-order valence-corrected chi connectivity index (χ3v) is 6.39. The van der Waals surface area contributed by atoms with E-state index >= 15 is 0 Å². The predicted molar refractivity (Wildman–Crippen MR) is 87.1 cm³/mol. The molecule has 1 saturated carbocycles. The van der Waals surface area contributed by atoms with Gasteiger partial charge >= 0.3 is 0 Å². The molecule has 0 aromatic heterocycles. The molecule has 1 aromatic rings. The maximum atomic E-state index is 13.2. The lowest BCUT2D eigenvalue weighted by Crippen LogP contribution is -2.66. The number of ether oxygens (including phenoxy) is 2. The van der Waals surface area contributed by atoms with Crippen molar-refractivity contribution < 1.29 is 19.1 Å². The van der Waals surface area contributed by atoms with Crippen LogP contribution in [0.5, 0.6) is 0 Å². The summed E-state index contributed by atoms with van der Waals surface area (Å²) < 4.78 is 12.1. The molecule has 5 aliphatic rings. The maximum absolute atomic E-state index is 13.2. The number of hydrogen-bond acceptors (Lipinski definition) is 4. The molecular formula is C19H17ClO4. The number of benzene rings is 1. The Kier molecular flexibility index (Phi) is 2.70. The van der Waals surface area contributed by atoms with Crippen LogP contribution in [0, 0.1) is 17.8 Å². The fourth-order valence-electron chi connectivity index (χ4n) is 4.93. The fourth-order valence-corrected chi connectivity index (χ4v) is 5.40. The molecule has 6 atom stereocenters. The van der Waals surface area contributed by atoms with Crippen LogP contribution in [0.4, 0.5) is 0 Å². The van der Waals surface area contributed by atoms with Crippen LogP contribution in [0.15, 0.2) is 36.4 Å². The van der Waals surface area contributed by atoms with Gasteiger partial charge in [0.15, 0.2) is 17.4 Å². The zero-order chi connectivity index (χ0) is 16.9. The van der Waals surface area contributed by atoms with Gasteiger partial charge in [0.1, 0.15) is 11.0 Å². The maximum Gasteiger partial charge on any atom is 0.169 e. The second kappa shape index (κ2) is 4.37. The number of hydrogen-bond donors (Lipinski definition) is 0. The summed E-state index contributed by atoms with van der Waals surface area (Å²) in [4.78, 5) is 25.3. The summed E-state index contributed by atoms with van der Waals surface area (Å²) in [5.74, 6) is -2.12. The molecule has 1 heterocycles. The first kappa shape index (κ1) is 14.8. The number of Topliss-reactive ketones (excluding diaryl/α,β-unsaturated/α-hetero) is 2. The van der Waals surface area contributed by atoms with E-state index < -0.39 is 28.6 Å². The van der Waals surface area contributed by atoms with Crippen LogP contribution >= 0.6 is 11.6 Å². The van der Waals surface area contributed by atoms with E-state index in [0.29, 0.717) is 11.1 Å². The van der Waals surface area contributed by atoms with E-state index in [9.17, 15) is 9.59 Å². The largest absolute Gasteiger partial charge is 0.344 e. The number of fused-ring (bicyclic) bond motifs is 1. The summed E-state index contributed by atoms with van der Waals surface area (Å²) in [7, 11) is 0. The van der Waals surface area contributed by atoms with Crippen molar-refractivity contribution in [3.05, 3.63) is 47.5 Å². The van der Waals surface area contributed by atoms with Crippen LogP contribution in [-0.2, 0) is 9.47 Å². The third-order valence-electron chi connectivity index (χ3n) is 5.81. The monoisotopic (exact) mass is 344 g/mol. The average molecular weight is 345 g/mol. The van der Waals surface area contributed by atoms with Crippen LogP contribution in [0.1, 0.15) is 34.6 Å². The van der Waals surface area contributed by atoms with Crippen LogP contribution in [0.3, 0.4) is 0 Å². The van der Waals surface area contributed by atoms with Gasteiger partial charge in [-0.15, -0.1) is 11.6 Å². The molecule has 2 fully saturated rings. The lowest BCUT2D eigenvalue weighted by molar-refractivity contribution is -0.148. The van der Waals surface area contributed by atoms with Gasteiger partial charge in [0.05, 0.1) is 12.0 Å². The molecule has 24 heavy (non-hydrogen) atoms. The SMILES string of the molecule is CC1(C)O[C@H]2[C@H]3C=C[C@](Cl)([C@@H]4C(=O)c5ccccc5C(=O)[C@H]34)[C@H]2O1. The molecule has 0 unspecified atom stereocenters. The Hall–Kier alpha value is -1.49. The first-order chi connectivity index (χ1) is 11.3. The molecule has 5 heteroatoms. The van der Waals surface area contributed by atoms with Crippen molar-refractivity contribution in [3.63, 3.8) is 0 Å².